The first kappa shape index (κ1) is 15.4. The number of Topliss-reactive ketones (excluding diaryl/α,β-unsaturated/α-hetero) is 1. The van der Waals surface area contributed by atoms with Crippen molar-refractivity contribution in [3.63, 3.8) is 0 Å². The number of allylic oxidation sites excluding steroid dienone is 4. The second-order valence-electron chi connectivity index (χ2n) is 4.97. The predicted octanol–water partition coefficient (Wildman–Crippen LogP) is 1.13. The number of ketones is 1. The molecule has 0 radical (unpaired) electrons. The van der Waals surface area contributed by atoms with Crippen LogP contribution in [-0.2, 0) is 19.2 Å². The Balaban J connectivity index is 2.56. The molecule has 0 atom stereocenters. The fourth-order valence-electron chi connectivity index (χ4n) is 2.31. The summed E-state index contributed by atoms with van der Waals surface area (Å²) in [5.74, 6) is -0.407. The van der Waals surface area contributed by atoms with E-state index in [0.29, 0.717) is 5.56 Å². The number of carbonyl (C=O) groups is 5. The zero-order valence-electron chi connectivity index (χ0n) is 11.5. The van der Waals surface area contributed by atoms with E-state index in [-0.39, 0.29) is 30.7 Å². The van der Waals surface area contributed by atoms with Gasteiger partial charge in [-0.25, -0.2) is 0 Å². The van der Waals surface area contributed by atoms with Gasteiger partial charge in [0.15, 0.2) is 5.78 Å². The minimum Gasteiger partial charge on any atom is -0.302 e. The molecule has 22 heavy (non-hydrogen) atoms. The molecule has 1 aromatic carbocycles. The molecule has 2 rings (SSSR count). The van der Waals surface area contributed by atoms with Crippen molar-refractivity contribution in [1.82, 2.24) is 0 Å². The van der Waals surface area contributed by atoms with Gasteiger partial charge in [-0.2, -0.15) is 0 Å². The summed E-state index contributed by atoms with van der Waals surface area (Å²) in [6, 6.07) is 8.26. The normalized spacial score (nSPS) is 17.9. The molecule has 0 saturated carbocycles. The minimum atomic E-state index is -2.01. The topological polar surface area (TPSA) is 85.3 Å². The second-order valence-corrected chi connectivity index (χ2v) is 4.97. The molecule has 110 valence electrons. The molecule has 0 unspecified atom stereocenters. The first-order valence-electron chi connectivity index (χ1n) is 6.45. The zero-order valence-corrected chi connectivity index (χ0v) is 11.5. The van der Waals surface area contributed by atoms with E-state index < -0.39 is 16.6 Å². The van der Waals surface area contributed by atoms with E-state index in [9.17, 15) is 24.0 Å². The highest BCUT2D eigenvalue weighted by molar-refractivity contribution is 6.13. The van der Waals surface area contributed by atoms with E-state index in [1.165, 1.54) is 6.08 Å². The molecule has 5 heteroatoms. The van der Waals surface area contributed by atoms with E-state index in [0.717, 1.165) is 12.2 Å². The number of benzene rings is 1. The standard InChI is InChI=1S/C17H12O5/c18-9-16(10-19)7-6-14(8-17(16,11-20)12-21)15(22)13-4-2-1-3-5-13/h1-12H. The van der Waals surface area contributed by atoms with Gasteiger partial charge in [-0.15, -0.1) is 0 Å². The highest BCUT2D eigenvalue weighted by Crippen LogP contribution is 2.40. The van der Waals surface area contributed by atoms with Gasteiger partial charge in [0.05, 0.1) is 0 Å². The predicted molar refractivity (Wildman–Crippen MR) is 77.1 cm³/mol. The summed E-state index contributed by atoms with van der Waals surface area (Å²) >= 11 is 0. The van der Waals surface area contributed by atoms with Crippen molar-refractivity contribution in [3.8, 4) is 0 Å². The average molecular weight is 296 g/mol. The van der Waals surface area contributed by atoms with Crippen molar-refractivity contribution in [3.05, 3.63) is 59.7 Å². The largest absolute Gasteiger partial charge is 0.302 e. The van der Waals surface area contributed by atoms with Crippen LogP contribution in [0.2, 0.25) is 0 Å². The van der Waals surface area contributed by atoms with Crippen LogP contribution in [0.1, 0.15) is 10.4 Å². The van der Waals surface area contributed by atoms with Gasteiger partial charge in [-0.1, -0.05) is 48.6 Å². The summed E-state index contributed by atoms with van der Waals surface area (Å²) < 4.78 is 0. The molecule has 1 aromatic rings. The van der Waals surface area contributed by atoms with Gasteiger partial charge < -0.3 is 19.2 Å². The lowest BCUT2D eigenvalue weighted by atomic mass is 9.63. The zero-order chi connectivity index (χ0) is 16.2. The Bertz CT molecular complexity index is 681. The van der Waals surface area contributed by atoms with Gasteiger partial charge in [0.1, 0.15) is 36.0 Å². The van der Waals surface area contributed by atoms with Crippen LogP contribution < -0.4 is 0 Å². The maximum Gasteiger partial charge on any atom is 0.192 e. The van der Waals surface area contributed by atoms with E-state index in [2.05, 4.69) is 0 Å². The summed E-state index contributed by atoms with van der Waals surface area (Å²) in [5, 5.41) is 0. The maximum absolute atomic E-state index is 12.4. The van der Waals surface area contributed by atoms with Crippen LogP contribution in [0.3, 0.4) is 0 Å². The minimum absolute atomic E-state index is 0.0738. The molecule has 0 saturated heterocycles. The summed E-state index contributed by atoms with van der Waals surface area (Å²) in [4.78, 5) is 57.8. The molecular formula is C17H12O5. The van der Waals surface area contributed by atoms with Crippen LogP contribution in [0.25, 0.3) is 0 Å². The lowest BCUT2D eigenvalue weighted by molar-refractivity contribution is -0.140. The summed E-state index contributed by atoms with van der Waals surface area (Å²) in [6.07, 6.45) is 4.37. The molecule has 0 heterocycles. The fraction of sp³-hybridized carbons (Fsp3) is 0.118. The van der Waals surface area contributed by atoms with Crippen molar-refractivity contribution in [2.75, 3.05) is 0 Å². The third-order valence-corrected chi connectivity index (χ3v) is 3.76. The molecular weight excluding hydrogens is 284 g/mol. The number of carbonyl (C=O) groups excluding carboxylic acids is 5. The number of hydrogen-bond donors (Lipinski definition) is 0. The lowest BCUT2D eigenvalue weighted by Crippen LogP contribution is -2.46. The molecule has 1 aliphatic rings. The van der Waals surface area contributed by atoms with Gasteiger partial charge in [-0.3, -0.25) is 4.79 Å². The summed E-state index contributed by atoms with van der Waals surface area (Å²) in [7, 11) is 0. The van der Waals surface area contributed by atoms with Gasteiger partial charge in [0.25, 0.3) is 0 Å². The van der Waals surface area contributed by atoms with Gasteiger partial charge in [0, 0.05) is 11.1 Å². The van der Waals surface area contributed by atoms with Crippen LogP contribution in [0.5, 0.6) is 0 Å². The molecule has 0 fully saturated rings. The Morgan fingerprint density at radius 3 is 1.86 bits per heavy atom. The summed E-state index contributed by atoms with van der Waals surface area (Å²) in [5.41, 5.74) is -3.49. The van der Waals surface area contributed by atoms with Gasteiger partial charge in [0.2, 0.25) is 0 Å². The molecule has 0 bridgehead atoms. The first-order valence-corrected chi connectivity index (χ1v) is 6.45. The quantitative estimate of drug-likeness (QED) is 0.446. The van der Waals surface area contributed by atoms with Gasteiger partial charge in [-0.05, 0) is 0 Å². The van der Waals surface area contributed by atoms with E-state index in [4.69, 9.17) is 0 Å². The fourth-order valence-corrected chi connectivity index (χ4v) is 2.31. The Morgan fingerprint density at radius 2 is 1.36 bits per heavy atom. The van der Waals surface area contributed by atoms with E-state index in [1.54, 1.807) is 30.3 Å². The smallest absolute Gasteiger partial charge is 0.192 e. The van der Waals surface area contributed by atoms with Crippen molar-refractivity contribution in [2.24, 2.45) is 10.8 Å². The van der Waals surface area contributed by atoms with Crippen molar-refractivity contribution >= 4 is 30.9 Å². The third kappa shape index (κ3) is 2.16. The van der Waals surface area contributed by atoms with E-state index in [1.807, 2.05) is 0 Å². The Labute approximate surface area is 126 Å². The molecule has 0 aromatic heterocycles. The lowest BCUT2D eigenvalue weighted by Gasteiger charge is -2.34. The second kappa shape index (κ2) is 5.81. The van der Waals surface area contributed by atoms with Crippen LogP contribution in [-0.4, -0.2) is 30.9 Å². The molecule has 5 nitrogen and oxygen atoms in total. The highest BCUT2D eigenvalue weighted by atomic mass is 16.2. The first-order chi connectivity index (χ1) is 10.6. The third-order valence-electron chi connectivity index (χ3n) is 3.76. The Kier molecular flexibility index (Phi) is 4.08. The SMILES string of the molecule is O=CC1(C=O)C=CC(C(=O)c2ccccc2)=CC1(C=O)C=O. The molecule has 1 aliphatic carbocycles. The van der Waals surface area contributed by atoms with Crippen LogP contribution in [0, 0.1) is 10.8 Å². The molecule has 0 aliphatic heterocycles. The molecule has 0 N–H and O–H groups in total. The highest BCUT2D eigenvalue weighted by Gasteiger charge is 2.51. The number of rotatable bonds is 6. The van der Waals surface area contributed by atoms with Gasteiger partial charge >= 0.3 is 0 Å². The molecule has 0 spiro atoms. The van der Waals surface area contributed by atoms with Crippen molar-refractivity contribution in [1.29, 1.82) is 0 Å². The Hall–Kier alpha value is -2.95. The average Bonchev–Trinajstić information content (AvgIpc) is 2.61. The number of aldehydes is 4. The van der Waals surface area contributed by atoms with Crippen molar-refractivity contribution < 1.29 is 24.0 Å². The van der Waals surface area contributed by atoms with Crippen LogP contribution in [0.4, 0.5) is 0 Å². The monoisotopic (exact) mass is 296 g/mol. The van der Waals surface area contributed by atoms with Crippen LogP contribution in [0.15, 0.2) is 54.1 Å². The van der Waals surface area contributed by atoms with Crippen molar-refractivity contribution in [2.45, 2.75) is 0 Å². The van der Waals surface area contributed by atoms with Crippen LogP contribution >= 0.6 is 0 Å². The number of hydrogen-bond acceptors (Lipinski definition) is 5. The Morgan fingerprint density at radius 1 is 0.818 bits per heavy atom. The maximum atomic E-state index is 12.4. The van der Waals surface area contributed by atoms with E-state index >= 15 is 0 Å². The summed E-state index contributed by atoms with van der Waals surface area (Å²) in [6.45, 7) is 0. The molecule has 0 amide bonds.